The van der Waals surface area contributed by atoms with E-state index in [1.54, 1.807) is 48.7 Å². The second-order valence-electron chi connectivity index (χ2n) is 8.27. The fourth-order valence-electron chi connectivity index (χ4n) is 4.15. The van der Waals surface area contributed by atoms with E-state index in [1.807, 2.05) is 12.1 Å². The van der Waals surface area contributed by atoms with E-state index in [0.29, 0.717) is 10.9 Å². The van der Waals surface area contributed by atoms with Crippen molar-refractivity contribution in [2.24, 2.45) is 0 Å². The second-order valence-corrected chi connectivity index (χ2v) is 10.2. The summed E-state index contributed by atoms with van der Waals surface area (Å²) < 4.78 is 34.1. The molecule has 0 spiro atoms. The summed E-state index contributed by atoms with van der Waals surface area (Å²) in [7, 11) is -3.99. The lowest BCUT2D eigenvalue weighted by molar-refractivity contribution is 0.0698. The number of pyridine rings is 2. The fraction of sp³-hybridized carbons (Fsp3) is 0.154. The van der Waals surface area contributed by atoms with E-state index in [1.165, 1.54) is 16.6 Å². The molecule has 3 heterocycles. The number of rotatable bonds is 6. The second kappa shape index (κ2) is 9.94. The van der Waals surface area contributed by atoms with Gasteiger partial charge in [-0.15, -0.1) is 0 Å². The molecule has 0 aliphatic carbocycles. The average molecular weight is 516 g/mol. The molecular weight excluding hydrogens is 494 g/mol. The molecule has 4 aromatic rings. The Hall–Kier alpha value is -4.37. The summed E-state index contributed by atoms with van der Waals surface area (Å²) in [5, 5.41) is 22.3. The lowest BCUT2D eigenvalue weighted by Gasteiger charge is -2.27. The number of fused-ring (bicyclic) bond motifs is 1. The molecule has 1 aliphatic rings. The summed E-state index contributed by atoms with van der Waals surface area (Å²) in [6, 6.07) is 17.0. The van der Waals surface area contributed by atoms with Crippen LogP contribution < -0.4 is 5.32 Å². The third-order valence-corrected chi connectivity index (χ3v) is 7.96. The summed E-state index contributed by atoms with van der Waals surface area (Å²) in [5.41, 5.74) is 2.69. The fourth-order valence-corrected chi connectivity index (χ4v) is 5.66. The Kier molecular flexibility index (Phi) is 6.54. The summed E-state index contributed by atoms with van der Waals surface area (Å²) in [5.74, 6) is -1.15. The van der Waals surface area contributed by atoms with Crippen LogP contribution in [0.25, 0.3) is 22.0 Å². The SMILES string of the molecule is N#Cc1ccc(-c2ccc3ncc(S(=O)(=O)N4CCOCC4)c(Nc4ccccc4C(=O)O)c3c2)cn1. The van der Waals surface area contributed by atoms with E-state index < -0.39 is 16.0 Å². The molecule has 0 amide bonds. The van der Waals surface area contributed by atoms with Crippen LogP contribution in [-0.2, 0) is 14.8 Å². The van der Waals surface area contributed by atoms with E-state index in [2.05, 4.69) is 15.3 Å². The van der Waals surface area contributed by atoms with Gasteiger partial charge in [-0.1, -0.05) is 18.2 Å². The Morgan fingerprint density at radius 2 is 1.78 bits per heavy atom. The van der Waals surface area contributed by atoms with E-state index in [0.717, 1.165) is 11.1 Å². The standard InChI is InChI=1S/C26H21N5O5S/c27-14-19-7-5-18(15-28-19)17-6-8-22-21(13-17)25(30-23-4-2-1-3-20(23)26(32)33)24(16-29-22)37(34,35)31-9-11-36-12-10-31/h1-8,13,15-16H,9-12H2,(H,29,30)(H,32,33). The molecule has 1 aliphatic heterocycles. The van der Waals surface area contributed by atoms with Crippen LogP contribution in [0, 0.1) is 11.3 Å². The number of benzene rings is 2. The Balaban J connectivity index is 1.72. The monoisotopic (exact) mass is 515 g/mol. The van der Waals surface area contributed by atoms with Crippen molar-refractivity contribution in [1.29, 1.82) is 5.26 Å². The van der Waals surface area contributed by atoms with Crippen LogP contribution in [0.4, 0.5) is 11.4 Å². The number of anilines is 2. The zero-order valence-corrected chi connectivity index (χ0v) is 20.3. The molecule has 2 N–H and O–H groups in total. The maximum Gasteiger partial charge on any atom is 0.337 e. The quantitative estimate of drug-likeness (QED) is 0.393. The number of carboxylic acid groups (broad SMARTS) is 1. The number of morpholine rings is 1. The minimum absolute atomic E-state index is 0.00497. The number of hydrogen-bond acceptors (Lipinski definition) is 8. The highest BCUT2D eigenvalue weighted by atomic mass is 32.2. The zero-order chi connectivity index (χ0) is 26.0. The first-order chi connectivity index (χ1) is 17.9. The van der Waals surface area contributed by atoms with Crippen molar-refractivity contribution >= 4 is 38.3 Å². The first-order valence-corrected chi connectivity index (χ1v) is 12.8. The number of nitriles is 1. The predicted octanol–water partition coefficient (Wildman–Crippen LogP) is 3.63. The Morgan fingerprint density at radius 3 is 2.49 bits per heavy atom. The van der Waals surface area contributed by atoms with Gasteiger partial charge in [0.25, 0.3) is 0 Å². The molecule has 1 saturated heterocycles. The van der Waals surface area contributed by atoms with Crippen LogP contribution >= 0.6 is 0 Å². The number of para-hydroxylation sites is 1. The van der Waals surface area contributed by atoms with E-state index in [9.17, 15) is 18.3 Å². The van der Waals surface area contributed by atoms with Crippen molar-refractivity contribution in [1.82, 2.24) is 14.3 Å². The normalized spacial score (nSPS) is 14.2. The molecule has 0 bridgehead atoms. The van der Waals surface area contributed by atoms with Crippen LogP contribution in [0.15, 0.2) is 71.9 Å². The third kappa shape index (κ3) is 4.73. The number of hydrogen-bond donors (Lipinski definition) is 2. The third-order valence-electron chi connectivity index (χ3n) is 6.05. The molecule has 0 unspecified atom stereocenters. The molecule has 37 heavy (non-hydrogen) atoms. The molecule has 11 heteroatoms. The molecule has 1 fully saturated rings. The number of aromatic carboxylic acids is 1. The molecule has 5 rings (SSSR count). The van der Waals surface area contributed by atoms with Crippen LogP contribution in [0.1, 0.15) is 16.1 Å². The van der Waals surface area contributed by atoms with E-state index >= 15 is 0 Å². The number of aromatic nitrogens is 2. The number of carboxylic acids is 1. The molecule has 0 atom stereocenters. The maximum atomic E-state index is 13.7. The van der Waals surface area contributed by atoms with Crippen molar-refractivity contribution in [3.63, 3.8) is 0 Å². The summed E-state index contributed by atoms with van der Waals surface area (Å²) in [6.07, 6.45) is 2.86. The van der Waals surface area contributed by atoms with Gasteiger partial charge in [-0.05, 0) is 42.0 Å². The van der Waals surface area contributed by atoms with Gasteiger partial charge in [0, 0.05) is 36.4 Å². The Morgan fingerprint density at radius 1 is 1.03 bits per heavy atom. The summed E-state index contributed by atoms with van der Waals surface area (Å²) in [6.45, 7) is 0.951. The highest BCUT2D eigenvalue weighted by molar-refractivity contribution is 7.89. The highest BCUT2D eigenvalue weighted by Gasteiger charge is 2.30. The lowest BCUT2D eigenvalue weighted by Crippen LogP contribution is -2.40. The van der Waals surface area contributed by atoms with Crippen molar-refractivity contribution in [2.75, 3.05) is 31.6 Å². The number of nitrogens with one attached hydrogen (secondary N) is 1. The molecule has 186 valence electrons. The van der Waals surface area contributed by atoms with Gasteiger partial charge in [0.15, 0.2) is 0 Å². The number of sulfonamides is 1. The molecule has 0 radical (unpaired) electrons. The maximum absolute atomic E-state index is 13.7. The molecular formula is C26H21N5O5S. The van der Waals surface area contributed by atoms with Gasteiger partial charge in [-0.2, -0.15) is 9.57 Å². The molecule has 2 aromatic carbocycles. The topological polar surface area (TPSA) is 146 Å². The van der Waals surface area contributed by atoms with Crippen molar-refractivity contribution in [3.05, 3.63) is 78.2 Å². The van der Waals surface area contributed by atoms with Crippen LogP contribution in [0.5, 0.6) is 0 Å². The Bertz CT molecular complexity index is 1640. The van der Waals surface area contributed by atoms with Gasteiger partial charge in [0.1, 0.15) is 16.7 Å². The lowest BCUT2D eigenvalue weighted by atomic mass is 10.0. The predicted molar refractivity (Wildman–Crippen MR) is 136 cm³/mol. The van der Waals surface area contributed by atoms with Gasteiger partial charge >= 0.3 is 5.97 Å². The van der Waals surface area contributed by atoms with Crippen LogP contribution in [0.3, 0.4) is 0 Å². The van der Waals surface area contributed by atoms with Crippen LogP contribution in [-0.4, -0.2) is 60.1 Å². The molecule has 0 saturated carbocycles. The first-order valence-electron chi connectivity index (χ1n) is 11.3. The minimum atomic E-state index is -3.99. The summed E-state index contributed by atoms with van der Waals surface area (Å²) >= 11 is 0. The Labute approximate surface area is 212 Å². The number of ether oxygens (including phenoxy) is 1. The van der Waals surface area contributed by atoms with Gasteiger partial charge in [0.05, 0.1) is 35.7 Å². The van der Waals surface area contributed by atoms with E-state index in [-0.39, 0.29) is 53.8 Å². The molecule has 10 nitrogen and oxygen atoms in total. The highest BCUT2D eigenvalue weighted by Crippen LogP contribution is 2.36. The largest absolute Gasteiger partial charge is 0.478 e. The van der Waals surface area contributed by atoms with E-state index in [4.69, 9.17) is 10.00 Å². The summed E-state index contributed by atoms with van der Waals surface area (Å²) in [4.78, 5) is 20.3. The van der Waals surface area contributed by atoms with Crippen molar-refractivity contribution in [3.8, 4) is 17.2 Å². The van der Waals surface area contributed by atoms with Gasteiger partial charge in [0.2, 0.25) is 10.0 Å². The van der Waals surface area contributed by atoms with Gasteiger partial charge in [-0.25, -0.2) is 18.2 Å². The number of carbonyl (C=O) groups is 1. The minimum Gasteiger partial charge on any atom is -0.478 e. The smallest absolute Gasteiger partial charge is 0.337 e. The first kappa shape index (κ1) is 24.3. The van der Waals surface area contributed by atoms with Gasteiger partial charge < -0.3 is 15.2 Å². The molecule has 2 aromatic heterocycles. The van der Waals surface area contributed by atoms with Crippen molar-refractivity contribution < 1.29 is 23.1 Å². The van der Waals surface area contributed by atoms with Crippen LogP contribution in [0.2, 0.25) is 0 Å². The van der Waals surface area contributed by atoms with Gasteiger partial charge in [-0.3, -0.25) is 4.98 Å². The zero-order valence-electron chi connectivity index (χ0n) is 19.5. The average Bonchev–Trinajstić information content (AvgIpc) is 2.93. The number of nitrogens with zero attached hydrogens (tertiary/aromatic N) is 4. The van der Waals surface area contributed by atoms with Crippen molar-refractivity contribution in [2.45, 2.75) is 4.90 Å².